The predicted octanol–water partition coefficient (Wildman–Crippen LogP) is 5.20. The van der Waals surface area contributed by atoms with Gasteiger partial charge in [0.1, 0.15) is 10.8 Å². The number of aromatic nitrogens is 1. The first-order chi connectivity index (χ1) is 15.1. The molecule has 164 valence electrons. The number of thiophene rings is 1. The maximum atomic E-state index is 12.7. The number of likely N-dealkylation sites (N-methyl/N-ethyl adjacent to an activating group) is 1. The first-order valence-electron chi connectivity index (χ1n) is 10.9. The second-order valence-electron chi connectivity index (χ2n) is 7.71. The van der Waals surface area contributed by atoms with Crippen LogP contribution in [-0.4, -0.2) is 35.2 Å². The number of nitrogens with zero attached hydrogens (tertiary/aromatic N) is 2. The molecule has 0 fully saturated rings. The molecule has 3 aromatic rings. The number of rotatable bonds is 7. The summed E-state index contributed by atoms with van der Waals surface area (Å²) in [5.41, 5.74) is 3.37. The van der Waals surface area contributed by atoms with Gasteiger partial charge < -0.3 is 19.9 Å². The van der Waals surface area contributed by atoms with E-state index in [1.165, 1.54) is 21.0 Å². The molecule has 31 heavy (non-hydrogen) atoms. The minimum absolute atomic E-state index is 0.103. The molecule has 0 saturated heterocycles. The molecule has 6 nitrogen and oxygen atoms in total. The van der Waals surface area contributed by atoms with Crippen molar-refractivity contribution in [2.45, 2.75) is 39.8 Å². The zero-order valence-electron chi connectivity index (χ0n) is 18.4. The van der Waals surface area contributed by atoms with E-state index in [1.54, 1.807) is 0 Å². The summed E-state index contributed by atoms with van der Waals surface area (Å²) in [6.07, 6.45) is 5.17. The Hall–Kier alpha value is -2.77. The SMILES string of the molecule is CCOc1ccc(NC(=O)N[C@H](C)c2c(-n3cccc3)sc3c2CCN(CC)C3)cc1. The summed E-state index contributed by atoms with van der Waals surface area (Å²) < 4.78 is 7.63. The van der Waals surface area contributed by atoms with Crippen LogP contribution in [0.5, 0.6) is 5.75 Å². The van der Waals surface area contributed by atoms with Gasteiger partial charge in [-0.25, -0.2) is 4.79 Å². The van der Waals surface area contributed by atoms with Crippen LogP contribution in [0.25, 0.3) is 5.00 Å². The quantitative estimate of drug-likeness (QED) is 0.533. The average molecular weight is 439 g/mol. The van der Waals surface area contributed by atoms with Crippen molar-refractivity contribution in [1.29, 1.82) is 0 Å². The summed E-state index contributed by atoms with van der Waals surface area (Å²) in [5, 5.41) is 7.28. The van der Waals surface area contributed by atoms with Crippen LogP contribution < -0.4 is 15.4 Å². The van der Waals surface area contributed by atoms with E-state index in [9.17, 15) is 4.79 Å². The van der Waals surface area contributed by atoms with Crippen molar-refractivity contribution in [3.8, 4) is 10.8 Å². The smallest absolute Gasteiger partial charge is 0.319 e. The Morgan fingerprint density at radius 1 is 1.19 bits per heavy atom. The molecule has 1 atom stereocenters. The van der Waals surface area contributed by atoms with Gasteiger partial charge in [0.2, 0.25) is 0 Å². The van der Waals surface area contributed by atoms with Gasteiger partial charge in [-0.3, -0.25) is 4.90 Å². The molecule has 2 amide bonds. The summed E-state index contributed by atoms with van der Waals surface area (Å²) in [5.74, 6) is 0.796. The molecule has 1 aromatic carbocycles. The second-order valence-corrected chi connectivity index (χ2v) is 8.79. The number of hydrogen-bond donors (Lipinski definition) is 2. The molecule has 3 heterocycles. The fourth-order valence-corrected chi connectivity index (χ4v) is 5.53. The highest BCUT2D eigenvalue weighted by Crippen LogP contribution is 2.39. The molecule has 2 N–H and O–H groups in total. The molecular formula is C24H30N4O2S. The maximum absolute atomic E-state index is 12.7. The Morgan fingerprint density at radius 3 is 2.61 bits per heavy atom. The highest BCUT2D eigenvalue weighted by Gasteiger charge is 2.27. The Kier molecular flexibility index (Phi) is 6.63. The van der Waals surface area contributed by atoms with Crippen molar-refractivity contribution in [1.82, 2.24) is 14.8 Å². The van der Waals surface area contributed by atoms with Gasteiger partial charge in [0.05, 0.1) is 12.6 Å². The van der Waals surface area contributed by atoms with Gasteiger partial charge in [-0.05, 0) is 68.8 Å². The van der Waals surface area contributed by atoms with E-state index >= 15 is 0 Å². The number of fused-ring (bicyclic) bond motifs is 1. The fraction of sp³-hybridized carbons (Fsp3) is 0.375. The van der Waals surface area contributed by atoms with Crippen LogP contribution >= 0.6 is 11.3 Å². The monoisotopic (exact) mass is 438 g/mol. The molecule has 0 saturated carbocycles. The zero-order chi connectivity index (χ0) is 21.8. The Labute approximate surface area is 187 Å². The minimum atomic E-state index is -0.207. The Morgan fingerprint density at radius 2 is 1.94 bits per heavy atom. The van der Waals surface area contributed by atoms with Crippen LogP contribution in [0, 0.1) is 0 Å². The van der Waals surface area contributed by atoms with E-state index < -0.39 is 0 Å². The first-order valence-corrected chi connectivity index (χ1v) is 11.7. The number of amides is 2. The molecule has 7 heteroatoms. The maximum Gasteiger partial charge on any atom is 0.319 e. The standard InChI is InChI=1S/C24H30N4O2S/c1-4-27-15-12-20-21(16-27)31-23(28-13-6-7-14-28)22(20)17(3)25-24(29)26-18-8-10-19(11-9-18)30-5-2/h6-11,13-14,17H,4-5,12,15-16H2,1-3H3,(H2,25,26,29)/t17-/m1/s1. The van der Waals surface area contributed by atoms with Crippen molar-refractivity contribution in [3.63, 3.8) is 0 Å². The number of hydrogen-bond acceptors (Lipinski definition) is 4. The number of ether oxygens (including phenoxy) is 1. The van der Waals surface area contributed by atoms with Gasteiger partial charge >= 0.3 is 6.03 Å². The van der Waals surface area contributed by atoms with E-state index in [-0.39, 0.29) is 12.1 Å². The van der Waals surface area contributed by atoms with Crippen molar-refractivity contribution in [3.05, 3.63) is 64.8 Å². The lowest BCUT2D eigenvalue weighted by atomic mass is 9.98. The van der Waals surface area contributed by atoms with E-state index in [1.807, 2.05) is 54.7 Å². The van der Waals surface area contributed by atoms with E-state index in [0.717, 1.165) is 37.5 Å². The molecule has 4 rings (SSSR count). The predicted molar refractivity (Wildman–Crippen MR) is 126 cm³/mol. The molecule has 0 radical (unpaired) electrons. The van der Waals surface area contributed by atoms with Crippen molar-refractivity contribution in [2.75, 3.05) is 25.0 Å². The summed E-state index contributed by atoms with van der Waals surface area (Å²) >= 11 is 1.84. The van der Waals surface area contributed by atoms with Crippen LogP contribution in [0.2, 0.25) is 0 Å². The van der Waals surface area contributed by atoms with Crippen molar-refractivity contribution >= 4 is 23.1 Å². The molecule has 1 aliphatic rings. The third-order valence-corrected chi connectivity index (χ3v) is 6.89. The highest BCUT2D eigenvalue weighted by atomic mass is 32.1. The van der Waals surface area contributed by atoms with Crippen LogP contribution in [0.15, 0.2) is 48.8 Å². The molecule has 0 spiro atoms. The van der Waals surface area contributed by atoms with Crippen LogP contribution in [0.4, 0.5) is 10.5 Å². The van der Waals surface area contributed by atoms with E-state index in [2.05, 4.69) is 46.3 Å². The van der Waals surface area contributed by atoms with Gasteiger partial charge in [0.15, 0.2) is 0 Å². The number of anilines is 1. The zero-order valence-corrected chi connectivity index (χ0v) is 19.2. The molecule has 0 unspecified atom stereocenters. The number of carbonyl (C=O) groups is 1. The van der Waals surface area contributed by atoms with Crippen LogP contribution in [0.1, 0.15) is 42.8 Å². The van der Waals surface area contributed by atoms with E-state index in [0.29, 0.717) is 6.61 Å². The van der Waals surface area contributed by atoms with Crippen LogP contribution in [0.3, 0.4) is 0 Å². The average Bonchev–Trinajstić information content (AvgIpc) is 3.42. The summed E-state index contributed by atoms with van der Waals surface area (Å²) in [4.78, 5) is 16.6. The number of benzene rings is 1. The lowest BCUT2D eigenvalue weighted by Crippen LogP contribution is -2.33. The summed E-state index contributed by atoms with van der Waals surface area (Å²) in [6.45, 7) is 9.95. The van der Waals surface area contributed by atoms with Gasteiger partial charge in [0, 0.05) is 41.6 Å². The lowest BCUT2D eigenvalue weighted by Gasteiger charge is -2.26. The topological polar surface area (TPSA) is 58.5 Å². The van der Waals surface area contributed by atoms with Crippen molar-refractivity contribution in [2.24, 2.45) is 0 Å². The van der Waals surface area contributed by atoms with Gasteiger partial charge in [-0.1, -0.05) is 6.92 Å². The Bertz CT molecular complexity index is 1010. The second kappa shape index (κ2) is 9.58. The third kappa shape index (κ3) is 4.78. The van der Waals surface area contributed by atoms with Gasteiger partial charge in [-0.15, -0.1) is 11.3 Å². The number of carbonyl (C=O) groups excluding carboxylic acids is 1. The first kappa shape index (κ1) is 21.5. The highest BCUT2D eigenvalue weighted by molar-refractivity contribution is 7.15. The minimum Gasteiger partial charge on any atom is -0.494 e. The summed E-state index contributed by atoms with van der Waals surface area (Å²) in [6, 6.07) is 11.2. The fourth-order valence-electron chi connectivity index (χ4n) is 4.08. The molecule has 0 bridgehead atoms. The largest absolute Gasteiger partial charge is 0.494 e. The number of urea groups is 1. The molecule has 2 aromatic heterocycles. The molecular weight excluding hydrogens is 408 g/mol. The van der Waals surface area contributed by atoms with Crippen molar-refractivity contribution < 1.29 is 9.53 Å². The van der Waals surface area contributed by atoms with Crippen LogP contribution in [-0.2, 0) is 13.0 Å². The van der Waals surface area contributed by atoms with E-state index in [4.69, 9.17) is 4.74 Å². The lowest BCUT2D eigenvalue weighted by molar-refractivity contribution is 0.249. The number of nitrogens with one attached hydrogen (secondary N) is 2. The summed E-state index contributed by atoms with van der Waals surface area (Å²) in [7, 11) is 0. The Balaban J connectivity index is 1.53. The normalized spacial score (nSPS) is 14.7. The molecule has 0 aliphatic carbocycles. The van der Waals surface area contributed by atoms with Gasteiger partial charge in [0.25, 0.3) is 0 Å². The molecule has 1 aliphatic heterocycles. The van der Waals surface area contributed by atoms with Gasteiger partial charge in [-0.2, -0.15) is 0 Å². The third-order valence-electron chi connectivity index (χ3n) is 5.65.